The van der Waals surface area contributed by atoms with Crippen molar-refractivity contribution in [1.82, 2.24) is 15.1 Å². The Labute approximate surface area is 141 Å². The van der Waals surface area contributed by atoms with E-state index in [0.29, 0.717) is 13.0 Å². The topological polar surface area (TPSA) is 46.9 Å². The van der Waals surface area contributed by atoms with E-state index < -0.39 is 0 Å². The van der Waals surface area contributed by atoms with Crippen LogP contribution in [0.15, 0.2) is 73.1 Å². The van der Waals surface area contributed by atoms with Crippen LogP contribution in [0.5, 0.6) is 0 Å². The molecule has 1 heterocycles. The molecule has 3 aromatic rings. The molecule has 0 fully saturated rings. The van der Waals surface area contributed by atoms with Gasteiger partial charge in [0, 0.05) is 11.8 Å². The maximum Gasteiger partial charge on any atom is 0.225 e. The fraction of sp³-hybridized carbons (Fsp3) is 0.100. The zero-order chi connectivity index (χ0) is 16.6. The van der Waals surface area contributed by atoms with Crippen LogP contribution >= 0.6 is 0 Å². The largest absolute Gasteiger partial charge is 0.345 e. The molecule has 0 saturated heterocycles. The lowest BCUT2D eigenvalue weighted by atomic mass is 10.2. The molecule has 0 aliphatic heterocycles. The molecule has 4 heteroatoms. The highest BCUT2D eigenvalue weighted by atomic mass is 16.1. The summed E-state index contributed by atoms with van der Waals surface area (Å²) in [4.78, 5) is 12.0. The quantitative estimate of drug-likeness (QED) is 0.752. The second kappa shape index (κ2) is 7.80. The van der Waals surface area contributed by atoms with E-state index >= 15 is 0 Å². The average molecular weight is 315 g/mol. The Morgan fingerprint density at radius 3 is 2.50 bits per heavy atom. The van der Waals surface area contributed by atoms with Crippen molar-refractivity contribution in [3.8, 4) is 17.5 Å². The Bertz CT molecular complexity index is 858. The molecule has 0 unspecified atom stereocenters. The number of para-hydroxylation sites is 1. The highest BCUT2D eigenvalue weighted by molar-refractivity contribution is 5.78. The first-order chi connectivity index (χ1) is 11.8. The van der Waals surface area contributed by atoms with E-state index in [-0.39, 0.29) is 5.91 Å². The number of benzene rings is 2. The molecule has 0 atom stereocenters. The molecule has 1 aromatic heterocycles. The van der Waals surface area contributed by atoms with Gasteiger partial charge in [-0.15, -0.1) is 0 Å². The number of nitrogens with one attached hydrogen (secondary N) is 1. The number of hydrogen-bond donors (Lipinski definition) is 1. The molecule has 1 amide bonds. The van der Waals surface area contributed by atoms with E-state index in [9.17, 15) is 4.79 Å². The highest BCUT2D eigenvalue weighted by Crippen LogP contribution is 2.07. The van der Waals surface area contributed by atoms with E-state index in [0.717, 1.165) is 16.8 Å². The molecule has 3 rings (SSSR count). The van der Waals surface area contributed by atoms with Crippen molar-refractivity contribution in [3.63, 3.8) is 0 Å². The number of hydrogen-bond acceptors (Lipinski definition) is 2. The van der Waals surface area contributed by atoms with Gasteiger partial charge in [0.05, 0.1) is 24.8 Å². The summed E-state index contributed by atoms with van der Waals surface area (Å²) in [6, 6.07) is 19.5. The second-order valence-corrected chi connectivity index (χ2v) is 5.25. The summed E-state index contributed by atoms with van der Waals surface area (Å²) in [6.45, 7) is 0.334. The van der Waals surface area contributed by atoms with Crippen molar-refractivity contribution >= 4 is 5.91 Å². The van der Waals surface area contributed by atoms with Gasteiger partial charge < -0.3 is 5.32 Å². The predicted molar refractivity (Wildman–Crippen MR) is 93.6 cm³/mol. The van der Waals surface area contributed by atoms with Crippen molar-refractivity contribution < 1.29 is 4.79 Å². The van der Waals surface area contributed by atoms with Crippen molar-refractivity contribution in [1.29, 1.82) is 0 Å². The van der Waals surface area contributed by atoms with Gasteiger partial charge in [0.1, 0.15) is 0 Å². The third-order valence-electron chi connectivity index (χ3n) is 3.40. The number of nitrogens with zero attached hydrogens (tertiary/aromatic N) is 2. The summed E-state index contributed by atoms with van der Waals surface area (Å²) >= 11 is 0. The maximum absolute atomic E-state index is 12.0. The fourth-order valence-electron chi connectivity index (χ4n) is 2.23. The number of carbonyl (C=O) groups excluding carboxylic acids is 1. The molecular weight excluding hydrogens is 298 g/mol. The van der Waals surface area contributed by atoms with Crippen LogP contribution in [0.25, 0.3) is 5.69 Å². The molecule has 0 aliphatic rings. The summed E-state index contributed by atoms with van der Waals surface area (Å²) in [5.74, 6) is 5.89. The zero-order valence-corrected chi connectivity index (χ0v) is 13.1. The summed E-state index contributed by atoms with van der Waals surface area (Å²) in [5, 5.41) is 7.09. The average Bonchev–Trinajstić information content (AvgIpc) is 3.09. The van der Waals surface area contributed by atoms with Gasteiger partial charge in [0.15, 0.2) is 0 Å². The minimum Gasteiger partial charge on any atom is -0.345 e. The summed E-state index contributed by atoms with van der Waals surface area (Å²) < 4.78 is 1.76. The van der Waals surface area contributed by atoms with Crippen LogP contribution < -0.4 is 5.32 Å². The van der Waals surface area contributed by atoms with E-state index in [4.69, 9.17) is 0 Å². The van der Waals surface area contributed by atoms with E-state index in [2.05, 4.69) is 22.3 Å². The van der Waals surface area contributed by atoms with E-state index in [1.807, 2.05) is 66.9 Å². The Kier molecular flexibility index (Phi) is 5.06. The molecule has 2 aromatic carbocycles. The minimum atomic E-state index is -0.0648. The first-order valence-electron chi connectivity index (χ1n) is 7.71. The van der Waals surface area contributed by atoms with Crippen LogP contribution in [0.3, 0.4) is 0 Å². The van der Waals surface area contributed by atoms with Gasteiger partial charge in [-0.3, -0.25) is 4.79 Å². The SMILES string of the molecule is O=C(Cc1cnn(-c2ccccc2)c1)NCC#Cc1ccccc1. The summed E-state index contributed by atoms with van der Waals surface area (Å²) in [7, 11) is 0. The van der Waals surface area contributed by atoms with Gasteiger partial charge in [-0.2, -0.15) is 5.10 Å². The van der Waals surface area contributed by atoms with Crippen LogP contribution in [0.4, 0.5) is 0 Å². The highest BCUT2D eigenvalue weighted by Gasteiger charge is 2.05. The predicted octanol–water partition coefficient (Wildman–Crippen LogP) is 2.58. The number of aromatic nitrogens is 2. The van der Waals surface area contributed by atoms with Gasteiger partial charge in [-0.1, -0.05) is 48.2 Å². The smallest absolute Gasteiger partial charge is 0.225 e. The van der Waals surface area contributed by atoms with Crippen LogP contribution in [0.2, 0.25) is 0 Å². The summed E-state index contributed by atoms with van der Waals surface area (Å²) in [5.41, 5.74) is 2.78. The maximum atomic E-state index is 12.0. The molecule has 4 nitrogen and oxygen atoms in total. The Morgan fingerprint density at radius 2 is 1.75 bits per heavy atom. The van der Waals surface area contributed by atoms with Crippen LogP contribution in [0, 0.1) is 11.8 Å². The molecule has 0 radical (unpaired) electrons. The second-order valence-electron chi connectivity index (χ2n) is 5.25. The first-order valence-corrected chi connectivity index (χ1v) is 7.71. The van der Waals surface area contributed by atoms with Crippen LogP contribution in [-0.4, -0.2) is 22.2 Å². The van der Waals surface area contributed by atoms with Gasteiger partial charge in [-0.05, 0) is 29.8 Å². The molecule has 0 spiro atoms. The summed E-state index contributed by atoms with van der Waals surface area (Å²) in [6.07, 6.45) is 3.87. The number of rotatable bonds is 4. The van der Waals surface area contributed by atoms with Crippen molar-refractivity contribution in [3.05, 3.63) is 84.2 Å². The number of carbonyl (C=O) groups is 1. The lowest BCUT2D eigenvalue weighted by Crippen LogP contribution is -2.25. The molecule has 0 bridgehead atoms. The van der Waals surface area contributed by atoms with Crippen molar-refractivity contribution in [2.45, 2.75) is 6.42 Å². The van der Waals surface area contributed by atoms with Gasteiger partial charge in [0.25, 0.3) is 0 Å². The van der Waals surface area contributed by atoms with Gasteiger partial charge in [-0.25, -0.2) is 4.68 Å². The molecule has 118 valence electrons. The molecule has 24 heavy (non-hydrogen) atoms. The normalized spacial score (nSPS) is 9.83. The third kappa shape index (κ3) is 4.34. The minimum absolute atomic E-state index is 0.0648. The number of amides is 1. The lowest BCUT2D eigenvalue weighted by Gasteiger charge is -2.00. The lowest BCUT2D eigenvalue weighted by molar-refractivity contribution is -0.120. The zero-order valence-electron chi connectivity index (χ0n) is 13.1. The standard InChI is InChI=1S/C20H17N3O/c24-20(21-13-7-10-17-8-3-1-4-9-17)14-18-15-22-23(16-18)19-11-5-2-6-12-19/h1-6,8-9,11-12,15-16H,13-14H2,(H,21,24). The Hall–Kier alpha value is -3.32. The molecule has 1 N–H and O–H groups in total. The van der Waals surface area contributed by atoms with Crippen molar-refractivity contribution in [2.24, 2.45) is 0 Å². The van der Waals surface area contributed by atoms with Crippen molar-refractivity contribution in [2.75, 3.05) is 6.54 Å². The van der Waals surface area contributed by atoms with E-state index in [1.165, 1.54) is 0 Å². The molecule has 0 aliphatic carbocycles. The van der Waals surface area contributed by atoms with Gasteiger partial charge >= 0.3 is 0 Å². The van der Waals surface area contributed by atoms with Crippen LogP contribution in [0.1, 0.15) is 11.1 Å². The van der Waals surface area contributed by atoms with Gasteiger partial charge in [0.2, 0.25) is 5.91 Å². The monoisotopic (exact) mass is 315 g/mol. The van der Waals surface area contributed by atoms with Crippen LogP contribution in [-0.2, 0) is 11.2 Å². The third-order valence-corrected chi connectivity index (χ3v) is 3.40. The Morgan fingerprint density at radius 1 is 1.04 bits per heavy atom. The molecular formula is C20H17N3O. The Balaban J connectivity index is 1.51. The van der Waals surface area contributed by atoms with E-state index in [1.54, 1.807) is 10.9 Å². The molecule has 0 saturated carbocycles. The first kappa shape index (κ1) is 15.6. The fourth-order valence-corrected chi connectivity index (χ4v) is 2.23.